The molecule has 2 rings (SSSR count). The molecule has 2 N–H and O–H groups in total. The van der Waals surface area contributed by atoms with Crippen LogP contribution in [0.2, 0.25) is 0 Å². The van der Waals surface area contributed by atoms with Crippen molar-refractivity contribution in [3.63, 3.8) is 0 Å². The zero-order valence-electron chi connectivity index (χ0n) is 13.9. The number of amides is 1. The average Bonchev–Trinajstić information content (AvgIpc) is 2.59. The highest BCUT2D eigenvalue weighted by Gasteiger charge is 2.08. The first kappa shape index (κ1) is 17.9. The van der Waals surface area contributed by atoms with Gasteiger partial charge in [0.05, 0.1) is 6.61 Å². The summed E-state index contributed by atoms with van der Waals surface area (Å²) in [4.78, 5) is 12.2. The van der Waals surface area contributed by atoms with E-state index in [1.165, 1.54) is 0 Å². The molecule has 0 atom stereocenters. The highest BCUT2D eigenvalue weighted by Crippen LogP contribution is 2.13. The average molecular weight is 342 g/mol. The van der Waals surface area contributed by atoms with E-state index in [1.807, 2.05) is 30.3 Å². The summed E-state index contributed by atoms with van der Waals surface area (Å²) in [5.74, 6) is 0.974. The largest absolute Gasteiger partial charge is 0.493 e. The van der Waals surface area contributed by atoms with Gasteiger partial charge in [-0.05, 0) is 48.0 Å². The molecule has 0 aliphatic rings. The molecular weight excluding hydrogens is 320 g/mol. The van der Waals surface area contributed by atoms with Crippen molar-refractivity contribution >= 4 is 23.2 Å². The van der Waals surface area contributed by atoms with Crippen LogP contribution in [-0.2, 0) is 6.54 Å². The zero-order chi connectivity index (χ0) is 17.4. The van der Waals surface area contributed by atoms with Crippen LogP contribution in [-0.4, -0.2) is 17.6 Å². The van der Waals surface area contributed by atoms with E-state index in [9.17, 15) is 4.79 Å². The van der Waals surface area contributed by atoms with Gasteiger partial charge < -0.3 is 10.1 Å². The molecule has 0 aliphatic carbocycles. The molecule has 24 heavy (non-hydrogen) atoms. The quantitative estimate of drug-likeness (QED) is 0.789. The number of hydrogen-bond donors (Lipinski definition) is 2. The van der Waals surface area contributed by atoms with Crippen molar-refractivity contribution in [1.82, 2.24) is 10.6 Å². The lowest BCUT2D eigenvalue weighted by molar-refractivity contribution is 0.0976. The first-order chi connectivity index (χ1) is 11.5. The molecule has 126 valence electrons. The third-order valence-corrected chi connectivity index (χ3v) is 3.47. The number of rotatable bonds is 6. The Morgan fingerprint density at radius 3 is 2.38 bits per heavy atom. The first-order valence-electron chi connectivity index (χ1n) is 7.90. The second-order valence-electron chi connectivity index (χ2n) is 5.85. The van der Waals surface area contributed by atoms with E-state index in [4.69, 9.17) is 17.0 Å². The van der Waals surface area contributed by atoms with Gasteiger partial charge in [0.1, 0.15) is 5.75 Å². The molecule has 0 aromatic heterocycles. The van der Waals surface area contributed by atoms with Crippen LogP contribution in [0.25, 0.3) is 0 Å². The Morgan fingerprint density at radius 1 is 1.08 bits per heavy atom. The summed E-state index contributed by atoms with van der Waals surface area (Å²) in [6.45, 7) is 5.40. The van der Waals surface area contributed by atoms with Gasteiger partial charge in [0, 0.05) is 12.1 Å². The summed E-state index contributed by atoms with van der Waals surface area (Å²) < 4.78 is 5.60. The third-order valence-electron chi connectivity index (χ3n) is 3.22. The second kappa shape index (κ2) is 9.03. The van der Waals surface area contributed by atoms with Gasteiger partial charge in [-0.3, -0.25) is 10.1 Å². The summed E-state index contributed by atoms with van der Waals surface area (Å²) in [6, 6.07) is 16.9. The van der Waals surface area contributed by atoms with Gasteiger partial charge in [0.15, 0.2) is 5.11 Å². The van der Waals surface area contributed by atoms with Gasteiger partial charge in [0.25, 0.3) is 5.91 Å². The molecule has 0 heterocycles. The minimum absolute atomic E-state index is 0.240. The summed E-state index contributed by atoms with van der Waals surface area (Å²) in [5, 5.41) is 6.00. The molecule has 0 saturated heterocycles. The van der Waals surface area contributed by atoms with Crippen molar-refractivity contribution in [3.8, 4) is 5.75 Å². The van der Waals surface area contributed by atoms with Crippen LogP contribution in [0.5, 0.6) is 5.75 Å². The molecule has 0 saturated carbocycles. The molecule has 5 heteroatoms. The highest BCUT2D eigenvalue weighted by molar-refractivity contribution is 7.80. The maximum atomic E-state index is 12.2. The minimum Gasteiger partial charge on any atom is -0.493 e. The number of ether oxygens (including phenoxy) is 1. The fraction of sp³-hybridized carbons (Fsp3) is 0.263. The lowest BCUT2D eigenvalue weighted by Gasteiger charge is -2.11. The van der Waals surface area contributed by atoms with Crippen LogP contribution in [0, 0.1) is 5.92 Å². The summed E-state index contributed by atoms with van der Waals surface area (Å²) in [7, 11) is 0. The molecule has 1 amide bonds. The Hall–Kier alpha value is -2.40. The van der Waals surface area contributed by atoms with E-state index < -0.39 is 0 Å². The van der Waals surface area contributed by atoms with Gasteiger partial charge >= 0.3 is 0 Å². The van der Waals surface area contributed by atoms with Crippen LogP contribution >= 0.6 is 12.2 Å². The van der Waals surface area contributed by atoms with E-state index >= 15 is 0 Å². The fourth-order valence-corrected chi connectivity index (χ4v) is 2.13. The van der Waals surface area contributed by atoms with Crippen molar-refractivity contribution in [3.05, 3.63) is 65.7 Å². The molecule has 0 unspecified atom stereocenters. The Kier molecular flexibility index (Phi) is 6.75. The van der Waals surface area contributed by atoms with E-state index in [0.717, 1.165) is 11.3 Å². The van der Waals surface area contributed by atoms with Gasteiger partial charge in [-0.2, -0.15) is 0 Å². The molecule has 4 nitrogen and oxygen atoms in total. The summed E-state index contributed by atoms with van der Waals surface area (Å²) in [5.41, 5.74) is 1.64. The Balaban J connectivity index is 1.81. The normalized spacial score (nSPS) is 10.3. The van der Waals surface area contributed by atoms with Crippen LogP contribution in [0.1, 0.15) is 29.8 Å². The van der Waals surface area contributed by atoms with Crippen LogP contribution in [0.3, 0.4) is 0 Å². The molecule has 2 aromatic carbocycles. The van der Waals surface area contributed by atoms with Crippen molar-refractivity contribution < 1.29 is 9.53 Å². The molecule has 0 fully saturated rings. The first-order valence-corrected chi connectivity index (χ1v) is 8.31. The van der Waals surface area contributed by atoms with Crippen LogP contribution < -0.4 is 15.4 Å². The highest BCUT2D eigenvalue weighted by atomic mass is 32.1. The lowest BCUT2D eigenvalue weighted by atomic mass is 10.2. The molecule has 0 aliphatic heterocycles. The standard InChI is InChI=1S/C19H22N2O2S/c1-14(2)13-23-17-10-8-16(9-11-17)18(22)21-19(24)20-12-15-6-4-3-5-7-15/h3-11,14H,12-13H2,1-2H3,(H2,20,21,22,24). The lowest BCUT2D eigenvalue weighted by Crippen LogP contribution is -2.38. The van der Waals surface area contributed by atoms with Crippen molar-refractivity contribution in [2.45, 2.75) is 20.4 Å². The van der Waals surface area contributed by atoms with Crippen LogP contribution in [0.15, 0.2) is 54.6 Å². The van der Waals surface area contributed by atoms with E-state index in [2.05, 4.69) is 24.5 Å². The topological polar surface area (TPSA) is 50.4 Å². The number of thiocarbonyl (C=S) groups is 1. The van der Waals surface area contributed by atoms with Gasteiger partial charge in [-0.1, -0.05) is 44.2 Å². The maximum absolute atomic E-state index is 12.2. The number of nitrogens with one attached hydrogen (secondary N) is 2. The second-order valence-corrected chi connectivity index (χ2v) is 6.26. The molecule has 2 aromatic rings. The summed E-state index contributed by atoms with van der Waals surface area (Å²) >= 11 is 5.16. The minimum atomic E-state index is -0.240. The van der Waals surface area contributed by atoms with Crippen molar-refractivity contribution in [1.29, 1.82) is 0 Å². The zero-order valence-corrected chi connectivity index (χ0v) is 14.7. The molecule has 0 spiro atoms. The van der Waals surface area contributed by atoms with Gasteiger partial charge in [0.2, 0.25) is 0 Å². The SMILES string of the molecule is CC(C)COc1ccc(C(=O)NC(=S)NCc2ccccc2)cc1. The summed E-state index contributed by atoms with van der Waals surface area (Å²) in [6.07, 6.45) is 0. The smallest absolute Gasteiger partial charge is 0.257 e. The van der Waals surface area contributed by atoms with Crippen LogP contribution in [0.4, 0.5) is 0 Å². The molecule has 0 radical (unpaired) electrons. The predicted octanol–water partition coefficient (Wildman–Crippen LogP) is 3.53. The Labute approximate surface area is 148 Å². The molecular formula is C19H22N2O2S. The van der Waals surface area contributed by atoms with Gasteiger partial charge in [-0.25, -0.2) is 0 Å². The van der Waals surface area contributed by atoms with E-state index in [0.29, 0.717) is 29.7 Å². The maximum Gasteiger partial charge on any atom is 0.257 e. The third kappa shape index (κ3) is 6.01. The fourth-order valence-electron chi connectivity index (χ4n) is 1.96. The van der Waals surface area contributed by atoms with E-state index in [-0.39, 0.29) is 5.91 Å². The number of benzene rings is 2. The molecule has 0 bridgehead atoms. The van der Waals surface area contributed by atoms with Gasteiger partial charge in [-0.15, -0.1) is 0 Å². The van der Waals surface area contributed by atoms with E-state index in [1.54, 1.807) is 24.3 Å². The Morgan fingerprint density at radius 2 is 1.75 bits per heavy atom. The van der Waals surface area contributed by atoms with Crippen molar-refractivity contribution in [2.24, 2.45) is 5.92 Å². The number of carbonyl (C=O) groups is 1. The van der Waals surface area contributed by atoms with Crippen molar-refractivity contribution in [2.75, 3.05) is 6.61 Å². The predicted molar refractivity (Wildman–Crippen MR) is 100 cm³/mol. The number of carbonyl (C=O) groups excluding carboxylic acids is 1. The number of hydrogen-bond acceptors (Lipinski definition) is 3. The monoisotopic (exact) mass is 342 g/mol. The Bertz CT molecular complexity index is 670.